The number of hydrogen-bond donors (Lipinski definition) is 2. The molecule has 2 N–H and O–H groups in total. The average molecular weight is 514 g/mol. The summed E-state index contributed by atoms with van der Waals surface area (Å²) in [5.74, 6) is 0.809. The summed E-state index contributed by atoms with van der Waals surface area (Å²) >= 11 is 6.07. The van der Waals surface area contributed by atoms with E-state index < -0.39 is 6.10 Å². The number of hydrogen-bond acceptors (Lipinski definition) is 5. The van der Waals surface area contributed by atoms with E-state index in [-0.39, 0.29) is 11.9 Å². The summed E-state index contributed by atoms with van der Waals surface area (Å²) < 4.78 is 5.98. The van der Waals surface area contributed by atoms with Gasteiger partial charge in [0.1, 0.15) is 18.5 Å². The second kappa shape index (κ2) is 12.0. The number of ether oxygens (including phenoxy) is 1. The number of halogens is 1. The molecular weight excluding hydrogens is 474 g/mol. The maximum atomic E-state index is 12.7. The molecule has 2 bridgehead atoms. The van der Waals surface area contributed by atoms with Crippen LogP contribution in [0.15, 0.2) is 36.4 Å². The normalized spacial score (nSPS) is 22.6. The van der Waals surface area contributed by atoms with Gasteiger partial charge in [0, 0.05) is 41.8 Å². The second-order valence-corrected chi connectivity index (χ2v) is 10.9. The van der Waals surface area contributed by atoms with Gasteiger partial charge in [-0.05, 0) is 94.1 Å². The first-order valence-electron chi connectivity index (χ1n) is 13.2. The van der Waals surface area contributed by atoms with Crippen molar-refractivity contribution in [1.82, 2.24) is 15.1 Å². The third-order valence-electron chi connectivity index (χ3n) is 8.00. The van der Waals surface area contributed by atoms with Gasteiger partial charge in [-0.1, -0.05) is 30.7 Å². The third-order valence-corrected chi connectivity index (χ3v) is 8.24. The topological polar surface area (TPSA) is 65.0 Å². The minimum atomic E-state index is -0.509. The largest absolute Gasteiger partial charge is 0.491 e. The molecule has 2 aromatic carbocycles. The Bertz CT molecular complexity index is 1050. The van der Waals surface area contributed by atoms with E-state index in [9.17, 15) is 9.90 Å². The van der Waals surface area contributed by atoms with Gasteiger partial charge in [-0.3, -0.25) is 9.69 Å². The van der Waals surface area contributed by atoms with Crippen molar-refractivity contribution < 1.29 is 14.6 Å². The maximum absolute atomic E-state index is 12.7. The lowest BCUT2D eigenvalue weighted by atomic mass is 9.94. The molecule has 196 valence electrons. The number of carbonyl (C=O) groups is 1. The molecule has 2 heterocycles. The van der Waals surface area contributed by atoms with Crippen molar-refractivity contribution in [3.05, 3.63) is 63.7 Å². The molecule has 2 saturated heterocycles. The average Bonchev–Trinajstić information content (AvgIpc) is 3.08. The van der Waals surface area contributed by atoms with Crippen molar-refractivity contribution in [1.29, 1.82) is 0 Å². The van der Waals surface area contributed by atoms with E-state index in [0.717, 1.165) is 37.2 Å². The first kappa shape index (κ1) is 26.9. The van der Waals surface area contributed by atoms with Gasteiger partial charge in [-0.15, -0.1) is 0 Å². The molecule has 0 aromatic heterocycles. The third kappa shape index (κ3) is 6.41. The van der Waals surface area contributed by atoms with E-state index in [0.29, 0.717) is 35.8 Å². The zero-order valence-corrected chi connectivity index (χ0v) is 22.7. The molecule has 2 fully saturated rings. The van der Waals surface area contributed by atoms with Gasteiger partial charge in [0.05, 0.1) is 0 Å². The predicted molar refractivity (Wildman–Crippen MR) is 145 cm³/mol. The lowest BCUT2D eigenvalue weighted by Crippen LogP contribution is -2.50. The van der Waals surface area contributed by atoms with Crippen LogP contribution in [0.1, 0.15) is 59.7 Å². The summed E-state index contributed by atoms with van der Waals surface area (Å²) in [4.78, 5) is 17.4. The molecule has 2 aromatic rings. The molecule has 36 heavy (non-hydrogen) atoms. The number of aliphatic hydroxyl groups excluding tert-OH is 1. The fourth-order valence-electron chi connectivity index (χ4n) is 5.65. The van der Waals surface area contributed by atoms with Crippen LogP contribution in [0.4, 0.5) is 0 Å². The predicted octanol–water partition coefficient (Wildman–Crippen LogP) is 4.57. The Hall–Kier alpha value is -2.12. The SMILES string of the molecule is CCN(C)C[C@H](O)COc1ccc(CN2C3CC[C@@H]2CC(NC(=O)c2cccc(Cl)c2)C3)c(C)c1C. The van der Waals surface area contributed by atoms with Gasteiger partial charge >= 0.3 is 0 Å². The Kier molecular flexibility index (Phi) is 8.94. The molecule has 2 unspecified atom stereocenters. The monoisotopic (exact) mass is 513 g/mol. The zero-order valence-electron chi connectivity index (χ0n) is 22.0. The fourth-order valence-corrected chi connectivity index (χ4v) is 5.84. The van der Waals surface area contributed by atoms with E-state index in [1.807, 2.05) is 25.2 Å². The number of nitrogens with one attached hydrogen (secondary N) is 1. The van der Waals surface area contributed by atoms with E-state index in [4.69, 9.17) is 16.3 Å². The molecule has 6 nitrogen and oxygen atoms in total. The molecule has 0 aliphatic carbocycles. The standard InChI is InChI=1S/C29H40ClN3O3/c1-5-32(4)17-27(34)18-36-28-12-9-22(19(2)20(28)3)16-33-25-10-11-26(33)15-24(14-25)31-29(35)21-7-6-8-23(30)13-21/h6-9,12-13,24-27,34H,5,10-11,14-18H2,1-4H3,(H,31,35)/t24?,25-,26?,27+/m1/s1. The van der Waals surface area contributed by atoms with E-state index in [1.165, 1.54) is 24.0 Å². The maximum Gasteiger partial charge on any atom is 0.251 e. The van der Waals surface area contributed by atoms with Crippen molar-refractivity contribution in [2.24, 2.45) is 0 Å². The number of fused-ring (bicyclic) bond motifs is 2. The van der Waals surface area contributed by atoms with Crippen LogP contribution >= 0.6 is 11.6 Å². The number of nitrogens with zero attached hydrogens (tertiary/aromatic N) is 2. The van der Waals surface area contributed by atoms with Gasteiger partial charge in [-0.2, -0.15) is 0 Å². The van der Waals surface area contributed by atoms with Crippen LogP contribution in [-0.2, 0) is 6.54 Å². The van der Waals surface area contributed by atoms with E-state index in [2.05, 4.69) is 42.0 Å². The molecule has 1 amide bonds. The highest BCUT2D eigenvalue weighted by atomic mass is 35.5. The number of benzene rings is 2. The number of rotatable bonds is 10. The molecule has 7 heteroatoms. The summed E-state index contributed by atoms with van der Waals surface area (Å²) in [6.07, 6.45) is 3.80. The molecule has 2 aliphatic heterocycles. The van der Waals surface area contributed by atoms with E-state index in [1.54, 1.807) is 12.1 Å². The van der Waals surface area contributed by atoms with Crippen LogP contribution in [0.3, 0.4) is 0 Å². The molecule has 4 atom stereocenters. The Morgan fingerprint density at radius 1 is 1.19 bits per heavy atom. The number of carbonyl (C=O) groups excluding carboxylic acids is 1. The second-order valence-electron chi connectivity index (χ2n) is 10.5. The molecule has 4 rings (SSSR count). The first-order valence-corrected chi connectivity index (χ1v) is 13.5. The summed E-state index contributed by atoms with van der Waals surface area (Å²) in [5.41, 5.74) is 4.34. The van der Waals surface area contributed by atoms with Crippen molar-refractivity contribution in [2.75, 3.05) is 26.7 Å². The number of amides is 1. The van der Waals surface area contributed by atoms with Crippen LogP contribution in [0, 0.1) is 13.8 Å². The van der Waals surface area contributed by atoms with Crippen molar-refractivity contribution in [3.63, 3.8) is 0 Å². The van der Waals surface area contributed by atoms with Gasteiger partial charge in [-0.25, -0.2) is 0 Å². The summed E-state index contributed by atoms with van der Waals surface area (Å²) in [6.45, 7) is 9.06. The molecule has 0 spiro atoms. The van der Waals surface area contributed by atoms with E-state index >= 15 is 0 Å². The smallest absolute Gasteiger partial charge is 0.251 e. The van der Waals surface area contributed by atoms with Gasteiger partial charge in [0.15, 0.2) is 0 Å². The minimum Gasteiger partial charge on any atom is -0.491 e. The Morgan fingerprint density at radius 3 is 2.58 bits per heavy atom. The van der Waals surface area contributed by atoms with Crippen molar-refractivity contribution >= 4 is 17.5 Å². The summed E-state index contributed by atoms with van der Waals surface area (Å²) in [5, 5.41) is 14.1. The molecule has 0 radical (unpaired) electrons. The Morgan fingerprint density at radius 2 is 1.92 bits per heavy atom. The van der Waals surface area contributed by atoms with Gasteiger partial charge in [0.25, 0.3) is 5.91 Å². The van der Waals surface area contributed by atoms with Crippen molar-refractivity contribution in [2.45, 2.75) is 77.2 Å². The minimum absolute atomic E-state index is 0.0381. The number of piperidine rings is 1. The quantitative estimate of drug-likeness (QED) is 0.487. The Labute approximate surface area is 220 Å². The van der Waals surface area contributed by atoms with Crippen molar-refractivity contribution in [3.8, 4) is 5.75 Å². The van der Waals surface area contributed by atoms with Gasteiger partial charge in [0.2, 0.25) is 0 Å². The first-order chi connectivity index (χ1) is 17.2. The van der Waals surface area contributed by atoms with Crippen LogP contribution in [0.2, 0.25) is 5.02 Å². The Balaban J connectivity index is 1.34. The number of likely N-dealkylation sites (N-methyl/N-ethyl adjacent to an activating group) is 1. The lowest BCUT2D eigenvalue weighted by molar-refractivity contribution is 0.0774. The van der Waals surface area contributed by atoms with Crippen LogP contribution in [0.5, 0.6) is 5.75 Å². The lowest BCUT2D eigenvalue weighted by Gasteiger charge is -2.39. The van der Waals surface area contributed by atoms with Gasteiger partial charge < -0.3 is 20.1 Å². The summed E-state index contributed by atoms with van der Waals surface area (Å²) in [7, 11) is 2.00. The highest BCUT2D eigenvalue weighted by molar-refractivity contribution is 6.30. The van der Waals surface area contributed by atoms with Crippen LogP contribution in [0.25, 0.3) is 0 Å². The molecule has 2 aliphatic rings. The van der Waals surface area contributed by atoms with Crippen LogP contribution in [-0.4, -0.2) is 71.8 Å². The molecule has 0 saturated carbocycles. The highest BCUT2D eigenvalue weighted by Gasteiger charge is 2.41. The van der Waals surface area contributed by atoms with Crippen LogP contribution < -0.4 is 10.1 Å². The zero-order chi connectivity index (χ0) is 25.8. The molecular formula is C29H40ClN3O3. The summed E-state index contributed by atoms with van der Waals surface area (Å²) in [6, 6.07) is 12.5. The number of aliphatic hydroxyl groups is 1. The fraction of sp³-hybridized carbons (Fsp3) is 0.552. The highest BCUT2D eigenvalue weighted by Crippen LogP contribution is 2.38.